The number of hydrogen-bond acceptors (Lipinski definition) is 11. The number of nitrogens with one attached hydrogen (secondary N) is 2. The van der Waals surface area contributed by atoms with E-state index < -0.39 is 57.5 Å². The van der Waals surface area contributed by atoms with E-state index in [-0.39, 0.29) is 37.1 Å². The topological polar surface area (TPSA) is 149 Å². The summed E-state index contributed by atoms with van der Waals surface area (Å²) in [5, 5.41) is 3.57. The van der Waals surface area contributed by atoms with Crippen molar-refractivity contribution in [3.63, 3.8) is 0 Å². The Morgan fingerprint density at radius 3 is 2.57 bits per heavy atom. The van der Waals surface area contributed by atoms with Crippen LogP contribution in [0.25, 0.3) is 10.6 Å². The molecule has 1 aliphatic rings. The van der Waals surface area contributed by atoms with Crippen LogP contribution in [-0.4, -0.2) is 82.2 Å². The Balaban J connectivity index is 1.49. The second-order valence-corrected chi connectivity index (χ2v) is 13.7. The van der Waals surface area contributed by atoms with Crippen molar-refractivity contribution in [2.45, 2.75) is 58.1 Å². The zero-order valence-corrected chi connectivity index (χ0v) is 25.4. The Bertz CT molecular complexity index is 1620. The number of halogens is 5. The summed E-state index contributed by atoms with van der Waals surface area (Å²) >= 11 is 1.18. The summed E-state index contributed by atoms with van der Waals surface area (Å²) in [7, 11) is -4.95. The fraction of sp³-hybridized carbons (Fsp3) is 0.480. The largest absolute Gasteiger partial charge is 0.444 e. The van der Waals surface area contributed by atoms with Crippen LogP contribution in [-0.2, 0) is 14.8 Å². The number of ether oxygens (including phenoxy) is 2. The molecule has 240 valence electrons. The predicted octanol–water partition coefficient (Wildman–Crippen LogP) is 5.30. The summed E-state index contributed by atoms with van der Waals surface area (Å²) in [6.07, 6.45) is -4.53. The van der Waals surface area contributed by atoms with Gasteiger partial charge in [0.1, 0.15) is 16.6 Å². The first-order chi connectivity index (χ1) is 20.4. The van der Waals surface area contributed by atoms with E-state index in [9.17, 15) is 35.2 Å². The molecule has 1 saturated heterocycles. The number of rotatable bonds is 8. The van der Waals surface area contributed by atoms with Crippen molar-refractivity contribution in [3.05, 3.63) is 35.4 Å². The number of aryl methyl sites for hydroxylation is 1. The number of thiazole rings is 1. The third-order valence-corrected chi connectivity index (χ3v) is 7.80. The lowest BCUT2D eigenvalue weighted by atomic mass is 10.0. The van der Waals surface area contributed by atoms with Gasteiger partial charge in [-0.25, -0.2) is 41.9 Å². The van der Waals surface area contributed by atoms with Crippen molar-refractivity contribution in [1.29, 1.82) is 0 Å². The minimum absolute atomic E-state index is 0.0126. The molecule has 4 rings (SSSR count). The van der Waals surface area contributed by atoms with E-state index in [1.54, 1.807) is 33.8 Å². The summed E-state index contributed by atoms with van der Waals surface area (Å²) in [5.74, 6) is -4.54. The highest BCUT2D eigenvalue weighted by atomic mass is 32.2. The molecule has 12 nitrogen and oxygen atoms in total. The zero-order valence-electron chi connectivity index (χ0n) is 23.8. The molecule has 44 heavy (non-hydrogen) atoms. The first-order valence-electron chi connectivity index (χ1n) is 13.0. The number of carbonyl (C=O) groups is 1. The maximum Gasteiger partial charge on any atom is 0.410 e. The van der Waals surface area contributed by atoms with Crippen molar-refractivity contribution in [3.8, 4) is 22.2 Å². The number of nitrogens with zero attached hydrogens (tertiary/aromatic N) is 5. The van der Waals surface area contributed by atoms with Crippen LogP contribution in [0.1, 0.15) is 32.2 Å². The molecule has 1 amide bonds. The molecular weight excluding hydrogens is 637 g/mol. The first-order valence-corrected chi connectivity index (χ1v) is 15.4. The monoisotopic (exact) mass is 665 g/mol. The van der Waals surface area contributed by atoms with Crippen LogP contribution in [0.2, 0.25) is 0 Å². The number of aromatic nitrogens is 4. The number of hydrogen-bond donors (Lipinski definition) is 2. The Hall–Kier alpha value is -3.87. The van der Waals surface area contributed by atoms with Crippen molar-refractivity contribution >= 4 is 39.2 Å². The van der Waals surface area contributed by atoms with Crippen LogP contribution in [0.5, 0.6) is 11.6 Å². The molecular formula is C25H28F5N7O5S2. The van der Waals surface area contributed by atoms with Gasteiger partial charge in [-0.2, -0.15) is 13.2 Å². The van der Waals surface area contributed by atoms with E-state index in [4.69, 9.17) is 9.47 Å². The summed E-state index contributed by atoms with van der Waals surface area (Å²) in [5.41, 5.74) is -0.407. The summed E-state index contributed by atoms with van der Waals surface area (Å²) < 4.78 is 102. The van der Waals surface area contributed by atoms with Crippen LogP contribution < -0.4 is 14.8 Å². The quantitative estimate of drug-likeness (QED) is 0.304. The zero-order chi connectivity index (χ0) is 32.4. The number of carbonyl (C=O) groups excluding carboxylic acids is 1. The third kappa shape index (κ3) is 9.31. The van der Waals surface area contributed by atoms with Gasteiger partial charge in [-0.05, 0) is 33.8 Å². The van der Waals surface area contributed by atoms with Gasteiger partial charge in [0.25, 0.3) is 0 Å². The highest BCUT2D eigenvalue weighted by Gasteiger charge is 2.36. The van der Waals surface area contributed by atoms with Gasteiger partial charge in [0.15, 0.2) is 23.1 Å². The molecule has 0 bridgehead atoms. The molecule has 4 heterocycles. The van der Waals surface area contributed by atoms with Gasteiger partial charge >= 0.3 is 12.3 Å². The van der Waals surface area contributed by atoms with Gasteiger partial charge in [0.05, 0.1) is 23.4 Å². The van der Waals surface area contributed by atoms with Gasteiger partial charge in [0.2, 0.25) is 21.9 Å². The van der Waals surface area contributed by atoms with Gasteiger partial charge in [0, 0.05) is 31.3 Å². The maximum atomic E-state index is 14.5. The van der Waals surface area contributed by atoms with E-state index >= 15 is 0 Å². The molecule has 2 atom stereocenters. The molecule has 19 heteroatoms. The van der Waals surface area contributed by atoms with Gasteiger partial charge < -0.3 is 19.7 Å². The van der Waals surface area contributed by atoms with Gasteiger partial charge in [-0.15, -0.1) is 11.3 Å². The molecule has 1 aliphatic heterocycles. The average Bonchev–Trinajstić information content (AvgIpc) is 3.23. The maximum absolute atomic E-state index is 14.5. The molecule has 0 aliphatic carbocycles. The molecule has 1 fully saturated rings. The SMILES string of the molecule is Cc1nc(Oc2cnc(NS(=O)(=O)CC(F)(F)F)c(F)c2)c(-c2ccnc(N[C@H]3C[C@H](F)CN(C(=O)OC(C)(C)C)C3)n2)s1. The summed E-state index contributed by atoms with van der Waals surface area (Å²) in [4.78, 5) is 30.6. The highest BCUT2D eigenvalue weighted by molar-refractivity contribution is 7.92. The van der Waals surface area contributed by atoms with Crippen LogP contribution in [0.4, 0.5) is 38.5 Å². The van der Waals surface area contributed by atoms with Crippen LogP contribution in [0.3, 0.4) is 0 Å². The van der Waals surface area contributed by atoms with E-state index in [1.165, 1.54) is 27.2 Å². The summed E-state index contributed by atoms with van der Waals surface area (Å²) in [6, 6.07) is 1.76. The molecule has 0 saturated carbocycles. The molecule has 0 radical (unpaired) electrons. The minimum Gasteiger partial charge on any atom is -0.444 e. The molecule has 3 aromatic heterocycles. The molecule has 0 spiro atoms. The second-order valence-electron chi connectivity index (χ2n) is 10.8. The summed E-state index contributed by atoms with van der Waals surface area (Å²) in [6.45, 7) is 6.86. The first kappa shape index (κ1) is 33.0. The number of likely N-dealkylation sites (tertiary alicyclic amines) is 1. The Morgan fingerprint density at radius 1 is 1.18 bits per heavy atom. The van der Waals surface area contributed by atoms with Crippen molar-refractivity contribution in [1.82, 2.24) is 24.8 Å². The highest BCUT2D eigenvalue weighted by Crippen LogP contribution is 2.37. The Morgan fingerprint density at radius 2 is 1.91 bits per heavy atom. The van der Waals surface area contributed by atoms with E-state index in [0.717, 1.165) is 12.3 Å². The predicted molar refractivity (Wildman–Crippen MR) is 150 cm³/mol. The molecule has 0 aromatic carbocycles. The van der Waals surface area contributed by atoms with Crippen molar-refractivity contribution in [2.75, 3.05) is 28.9 Å². The Kier molecular flexibility index (Phi) is 9.48. The fourth-order valence-electron chi connectivity index (χ4n) is 4.06. The lowest BCUT2D eigenvalue weighted by Crippen LogP contribution is -2.51. The molecule has 0 unspecified atom stereocenters. The fourth-order valence-corrected chi connectivity index (χ4v) is 5.82. The van der Waals surface area contributed by atoms with Gasteiger partial charge in [-0.3, -0.25) is 4.72 Å². The number of sulfonamides is 1. The minimum atomic E-state index is -5.03. The van der Waals surface area contributed by atoms with Crippen molar-refractivity contribution in [2.24, 2.45) is 0 Å². The standard InChI is InChI=1S/C25H28F5N7O5S2/c1-13-33-21(41-16-8-17(27)20(32-9-16)36-44(39,40)12-25(28,29)30)19(43-13)18-5-6-31-22(35-18)34-15-7-14(26)10-37(11-15)23(38)42-24(2,3)4/h5-6,8-9,14-15H,7,10-12H2,1-4H3,(H,32,36)(H,31,34,35)/t14-,15-/m0/s1. The smallest absolute Gasteiger partial charge is 0.410 e. The number of anilines is 2. The number of piperidine rings is 1. The number of amides is 1. The molecule has 2 N–H and O–H groups in total. The van der Waals surface area contributed by atoms with Gasteiger partial charge in [-0.1, -0.05) is 0 Å². The third-order valence-electron chi connectivity index (χ3n) is 5.61. The number of pyridine rings is 1. The van der Waals surface area contributed by atoms with Crippen LogP contribution >= 0.6 is 11.3 Å². The Labute approximate surface area is 253 Å². The average molecular weight is 666 g/mol. The lowest BCUT2D eigenvalue weighted by Gasteiger charge is -2.36. The normalized spacial score (nSPS) is 17.7. The number of alkyl halides is 4. The van der Waals surface area contributed by atoms with E-state index in [1.807, 2.05) is 0 Å². The second kappa shape index (κ2) is 12.6. The van der Waals surface area contributed by atoms with Crippen LogP contribution in [0.15, 0.2) is 24.5 Å². The van der Waals surface area contributed by atoms with E-state index in [2.05, 4.69) is 25.3 Å². The lowest BCUT2D eigenvalue weighted by molar-refractivity contribution is -0.106. The van der Waals surface area contributed by atoms with Crippen molar-refractivity contribution < 1.29 is 44.6 Å². The van der Waals surface area contributed by atoms with E-state index in [0.29, 0.717) is 15.6 Å². The molecule has 3 aromatic rings. The van der Waals surface area contributed by atoms with Crippen LogP contribution in [0, 0.1) is 12.7 Å².